The molecular weight excluding hydrogens is 342 g/mol. The number of rotatable bonds is 6. The molecule has 1 aromatic heterocycles. The summed E-state index contributed by atoms with van der Waals surface area (Å²) in [6.45, 7) is 10.2. The van der Waals surface area contributed by atoms with Gasteiger partial charge in [-0.15, -0.1) is 0 Å². The van der Waals surface area contributed by atoms with E-state index >= 15 is 0 Å². The van der Waals surface area contributed by atoms with Gasteiger partial charge in [0.2, 0.25) is 0 Å². The molecule has 1 heterocycles. The first kappa shape index (κ1) is 19.4. The van der Waals surface area contributed by atoms with Gasteiger partial charge in [-0.05, 0) is 67.8 Å². The molecule has 0 saturated carbocycles. The van der Waals surface area contributed by atoms with E-state index in [0.717, 1.165) is 45.0 Å². The molecule has 0 aliphatic rings. The Morgan fingerprint density at radius 3 is 2.46 bits per heavy atom. The SMILES string of the molecule is C=C(C)/C(=C\C=C/C)c1cccc(Oc2cccc(-c3ncccc3C)c2)c1. The molecular formula is C26H25NO. The van der Waals surface area contributed by atoms with Crippen LogP contribution in [-0.2, 0) is 0 Å². The van der Waals surface area contributed by atoms with Crippen LogP contribution in [0.15, 0.2) is 97.2 Å². The lowest BCUT2D eigenvalue weighted by Gasteiger charge is -2.11. The van der Waals surface area contributed by atoms with Crippen LogP contribution in [-0.4, -0.2) is 4.98 Å². The molecule has 0 unspecified atom stereocenters. The number of hydrogen-bond acceptors (Lipinski definition) is 2. The first-order valence-corrected chi connectivity index (χ1v) is 9.37. The maximum Gasteiger partial charge on any atom is 0.128 e. The molecule has 0 saturated heterocycles. The van der Waals surface area contributed by atoms with E-state index in [1.165, 1.54) is 0 Å². The van der Waals surface area contributed by atoms with Gasteiger partial charge in [0.25, 0.3) is 0 Å². The number of hydrogen-bond donors (Lipinski definition) is 0. The van der Waals surface area contributed by atoms with Crippen LogP contribution >= 0.6 is 0 Å². The molecule has 0 amide bonds. The normalized spacial score (nSPS) is 11.6. The zero-order valence-electron chi connectivity index (χ0n) is 16.6. The number of allylic oxidation sites excluding steroid dienone is 5. The standard InChI is InChI=1S/C26H25NO/c1-5-6-15-25(19(2)3)21-11-7-13-23(17-21)28-24-14-8-12-22(18-24)26-20(4)10-9-16-27-26/h5-18H,2H2,1,3-4H3/b6-5-,25-15+. The van der Waals surface area contributed by atoms with Crippen molar-refractivity contribution in [3.05, 3.63) is 108 Å². The van der Waals surface area contributed by atoms with Crippen LogP contribution in [0.4, 0.5) is 0 Å². The molecule has 0 N–H and O–H groups in total. The summed E-state index contributed by atoms with van der Waals surface area (Å²) in [5, 5.41) is 0. The molecule has 2 nitrogen and oxygen atoms in total. The third kappa shape index (κ3) is 4.66. The topological polar surface area (TPSA) is 22.1 Å². The smallest absolute Gasteiger partial charge is 0.128 e. The van der Waals surface area contributed by atoms with Crippen LogP contribution in [0.3, 0.4) is 0 Å². The number of benzene rings is 2. The van der Waals surface area contributed by atoms with Crippen molar-refractivity contribution in [2.24, 2.45) is 0 Å². The zero-order chi connectivity index (χ0) is 19.9. The molecule has 140 valence electrons. The second kappa shape index (κ2) is 9.01. The highest BCUT2D eigenvalue weighted by molar-refractivity contribution is 5.79. The number of ether oxygens (including phenoxy) is 1. The molecule has 0 atom stereocenters. The van der Waals surface area contributed by atoms with Gasteiger partial charge in [-0.3, -0.25) is 4.98 Å². The van der Waals surface area contributed by atoms with Crippen LogP contribution in [0, 0.1) is 6.92 Å². The summed E-state index contributed by atoms with van der Waals surface area (Å²) in [6, 6.07) is 20.1. The highest BCUT2D eigenvalue weighted by atomic mass is 16.5. The third-order valence-corrected chi connectivity index (χ3v) is 4.41. The van der Waals surface area contributed by atoms with Crippen molar-refractivity contribution < 1.29 is 4.74 Å². The Balaban J connectivity index is 1.90. The summed E-state index contributed by atoms with van der Waals surface area (Å²) in [5.41, 5.74) is 6.36. The van der Waals surface area contributed by atoms with E-state index in [-0.39, 0.29) is 0 Å². The average molecular weight is 367 g/mol. The Labute approximate surface area is 167 Å². The molecule has 3 rings (SSSR count). The monoisotopic (exact) mass is 367 g/mol. The lowest BCUT2D eigenvalue weighted by atomic mass is 9.99. The van der Waals surface area contributed by atoms with E-state index in [2.05, 4.69) is 42.8 Å². The molecule has 28 heavy (non-hydrogen) atoms. The van der Waals surface area contributed by atoms with Gasteiger partial charge in [0.05, 0.1) is 5.69 Å². The lowest BCUT2D eigenvalue weighted by molar-refractivity contribution is 0.483. The largest absolute Gasteiger partial charge is 0.457 e. The minimum Gasteiger partial charge on any atom is -0.457 e. The van der Waals surface area contributed by atoms with Gasteiger partial charge < -0.3 is 4.74 Å². The highest BCUT2D eigenvalue weighted by Crippen LogP contribution is 2.30. The van der Waals surface area contributed by atoms with Gasteiger partial charge >= 0.3 is 0 Å². The van der Waals surface area contributed by atoms with E-state index in [1.54, 1.807) is 0 Å². The number of aromatic nitrogens is 1. The average Bonchev–Trinajstić information content (AvgIpc) is 2.69. The Kier molecular flexibility index (Phi) is 6.23. The van der Waals surface area contributed by atoms with Gasteiger partial charge in [0, 0.05) is 11.8 Å². The second-order valence-electron chi connectivity index (χ2n) is 6.71. The molecule has 3 aromatic rings. The van der Waals surface area contributed by atoms with Gasteiger partial charge in [-0.2, -0.15) is 0 Å². The molecule has 0 radical (unpaired) electrons. The number of nitrogens with zero attached hydrogens (tertiary/aromatic N) is 1. The van der Waals surface area contributed by atoms with Crippen molar-refractivity contribution in [1.29, 1.82) is 0 Å². The Bertz CT molecular complexity index is 1040. The fourth-order valence-corrected chi connectivity index (χ4v) is 3.04. The molecule has 2 aromatic carbocycles. The Hall–Kier alpha value is -3.39. The summed E-state index contributed by atoms with van der Waals surface area (Å²) < 4.78 is 6.15. The van der Waals surface area contributed by atoms with E-state index in [9.17, 15) is 0 Å². The van der Waals surface area contributed by atoms with Crippen LogP contribution in [0.25, 0.3) is 16.8 Å². The minimum absolute atomic E-state index is 0.786. The highest BCUT2D eigenvalue weighted by Gasteiger charge is 2.07. The fourth-order valence-electron chi connectivity index (χ4n) is 3.04. The van der Waals surface area contributed by atoms with E-state index in [1.807, 2.05) is 74.7 Å². The Morgan fingerprint density at radius 1 is 1.00 bits per heavy atom. The maximum absolute atomic E-state index is 6.15. The molecule has 0 aliphatic heterocycles. The maximum atomic E-state index is 6.15. The quantitative estimate of drug-likeness (QED) is 0.424. The van der Waals surface area contributed by atoms with Crippen molar-refractivity contribution >= 4 is 5.57 Å². The number of aryl methyl sites for hydroxylation is 1. The fraction of sp³-hybridized carbons (Fsp3) is 0.115. The van der Waals surface area contributed by atoms with Gasteiger partial charge in [0.1, 0.15) is 11.5 Å². The first-order valence-electron chi connectivity index (χ1n) is 9.37. The van der Waals surface area contributed by atoms with Crippen LogP contribution in [0.1, 0.15) is 25.0 Å². The summed E-state index contributed by atoms with van der Waals surface area (Å²) in [6.07, 6.45) is 7.92. The predicted molar refractivity (Wildman–Crippen MR) is 119 cm³/mol. The predicted octanol–water partition coefficient (Wildman–Crippen LogP) is 7.38. The van der Waals surface area contributed by atoms with Crippen molar-refractivity contribution in [1.82, 2.24) is 4.98 Å². The summed E-state index contributed by atoms with van der Waals surface area (Å²) in [7, 11) is 0. The van der Waals surface area contributed by atoms with Gasteiger partial charge in [-0.1, -0.05) is 60.7 Å². The van der Waals surface area contributed by atoms with E-state index in [4.69, 9.17) is 4.74 Å². The van der Waals surface area contributed by atoms with E-state index in [0.29, 0.717) is 0 Å². The summed E-state index contributed by atoms with van der Waals surface area (Å²) in [4.78, 5) is 4.50. The third-order valence-electron chi connectivity index (χ3n) is 4.41. The molecule has 0 fully saturated rings. The van der Waals surface area contributed by atoms with Crippen molar-refractivity contribution in [3.8, 4) is 22.8 Å². The summed E-state index contributed by atoms with van der Waals surface area (Å²) >= 11 is 0. The second-order valence-corrected chi connectivity index (χ2v) is 6.71. The van der Waals surface area contributed by atoms with Crippen molar-refractivity contribution in [2.75, 3.05) is 0 Å². The van der Waals surface area contributed by atoms with Crippen molar-refractivity contribution in [3.63, 3.8) is 0 Å². The molecule has 0 aliphatic carbocycles. The van der Waals surface area contributed by atoms with E-state index < -0.39 is 0 Å². The molecule has 0 bridgehead atoms. The Morgan fingerprint density at radius 2 is 1.75 bits per heavy atom. The summed E-state index contributed by atoms with van der Waals surface area (Å²) in [5.74, 6) is 1.58. The first-order chi connectivity index (χ1) is 13.6. The van der Waals surface area contributed by atoms with Crippen molar-refractivity contribution in [2.45, 2.75) is 20.8 Å². The molecule has 2 heteroatoms. The van der Waals surface area contributed by atoms with Gasteiger partial charge in [-0.25, -0.2) is 0 Å². The molecule has 0 spiro atoms. The lowest BCUT2D eigenvalue weighted by Crippen LogP contribution is -1.91. The van der Waals surface area contributed by atoms with Crippen LogP contribution < -0.4 is 4.74 Å². The zero-order valence-corrected chi connectivity index (χ0v) is 16.6. The number of pyridine rings is 1. The van der Waals surface area contributed by atoms with Gasteiger partial charge in [0.15, 0.2) is 0 Å². The van der Waals surface area contributed by atoms with Crippen LogP contribution in [0.2, 0.25) is 0 Å². The minimum atomic E-state index is 0.786. The van der Waals surface area contributed by atoms with Crippen LogP contribution in [0.5, 0.6) is 11.5 Å².